The van der Waals surface area contributed by atoms with Crippen molar-refractivity contribution in [3.05, 3.63) is 65.5 Å². The molecule has 0 spiro atoms. The Morgan fingerprint density at radius 1 is 1.06 bits per heavy atom. The third-order valence-electron chi connectivity index (χ3n) is 6.35. The number of nitrogens with one attached hydrogen (secondary N) is 2. The fourth-order valence-electron chi connectivity index (χ4n) is 4.25. The second-order valence-electron chi connectivity index (χ2n) is 8.67. The molecule has 34 heavy (non-hydrogen) atoms. The number of rotatable bonds is 11. The summed E-state index contributed by atoms with van der Waals surface area (Å²) in [5.41, 5.74) is 1.18. The lowest BCUT2D eigenvalue weighted by Gasteiger charge is -2.27. The number of ether oxygens (including phenoxy) is 1. The molecule has 8 nitrogen and oxygen atoms in total. The average Bonchev–Trinajstić information content (AvgIpc) is 2.90. The van der Waals surface area contributed by atoms with E-state index in [0.29, 0.717) is 35.3 Å². The summed E-state index contributed by atoms with van der Waals surface area (Å²) in [6, 6.07) is 8.46. The quantitative estimate of drug-likeness (QED) is 0.345. The number of aliphatic hydroxyl groups excluding tert-OH is 1. The minimum Gasteiger partial charge on any atom is -0.394 e. The molecule has 0 bridgehead atoms. The number of benzene rings is 1. The van der Waals surface area contributed by atoms with Gasteiger partial charge in [0, 0.05) is 42.7 Å². The molecule has 3 N–H and O–H groups in total. The highest BCUT2D eigenvalue weighted by atomic mass is 16.5. The first kappa shape index (κ1) is 25.5. The topological polar surface area (TPSA) is 118 Å². The zero-order chi connectivity index (χ0) is 24.3. The molecule has 1 atom stereocenters. The molecule has 1 aliphatic rings. The van der Waals surface area contributed by atoms with Gasteiger partial charge in [-0.2, -0.15) is 0 Å². The van der Waals surface area contributed by atoms with Crippen molar-refractivity contribution in [2.75, 3.05) is 20.3 Å². The molecule has 1 saturated carbocycles. The SMILES string of the molecule is COC1CCC(CCCNC(=O)[C@H](CO)NC(=O)c2ccc(C(=O)c3cccnc3)cc2)CC1. The Kier molecular flexibility index (Phi) is 9.73. The van der Waals surface area contributed by atoms with Crippen LogP contribution >= 0.6 is 0 Å². The van der Waals surface area contributed by atoms with Crippen LogP contribution in [0.15, 0.2) is 48.8 Å². The number of aromatic nitrogens is 1. The number of aliphatic hydroxyl groups is 1. The van der Waals surface area contributed by atoms with E-state index in [1.54, 1.807) is 37.6 Å². The van der Waals surface area contributed by atoms with Gasteiger partial charge in [-0.3, -0.25) is 19.4 Å². The molecule has 1 fully saturated rings. The molecule has 0 radical (unpaired) electrons. The maximum absolute atomic E-state index is 12.5. The number of methoxy groups -OCH3 is 1. The van der Waals surface area contributed by atoms with E-state index in [-0.39, 0.29) is 5.78 Å². The molecule has 1 aromatic carbocycles. The van der Waals surface area contributed by atoms with E-state index >= 15 is 0 Å². The van der Waals surface area contributed by atoms with Crippen molar-refractivity contribution in [1.29, 1.82) is 0 Å². The van der Waals surface area contributed by atoms with Gasteiger partial charge in [-0.25, -0.2) is 0 Å². The molecular weight excluding hydrogens is 434 g/mol. The maximum Gasteiger partial charge on any atom is 0.251 e. The Morgan fingerprint density at radius 3 is 2.38 bits per heavy atom. The van der Waals surface area contributed by atoms with E-state index < -0.39 is 24.5 Å². The summed E-state index contributed by atoms with van der Waals surface area (Å²) in [4.78, 5) is 41.4. The van der Waals surface area contributed by atoms with Gasteiger partial charge in [0.05, 0.1) is 12.7 Å². The van der Waals surface area contributed by atoms with E-state index in [1.165, 1.54) is 18.3 Å². The van der Waals surface area contributed by atoms with E-state index in [9.17, 15) is 19.5 Å². The Morgan fingerprint density at radius 2 is 1.76 bits per heavy atom. The molecule has 3 rings (SSSR count). The second kappa shape index (κ2) is 13.0. The van der Waals surface area contributed by atoms with Crippen LogP contribution in [0.3, 0.4) is 0 Å². The molecule has 0 unspecified atom stereocenters. The van der Waals surface area contributed by atoms with E-state index in [1.807, 2.05) is 0 Å². The Balaban J connectivity index is 1.43. The van der Waals surface area contributed by atoms with E-state index in [4.69, 9.17) is 4.74 Å². The van der Waals surface area contributed by atoms with Crippen molar-refractivity contribution in [3.63, 3.8) is 0 Å². The number of nitrogens with zero attached hydrogens (tertiary/aromatic N) is 1. The number of ketones is 1. The standard InChI is InChI=1S/C26H33N3O5/c1-34-22-12-6-18(7-13-22)4-2-15-28-26(33)23(17-30)29-25(32)20-10-8-19(9-11-20)24(31)21-5-3-14-27-16-21/h3,5,8-11,14,16,18,22-23,30H,2,4,6-7,12-13,15,17H2,1H3,(H,28,33)(H,29,32)/t18?,22?,23-/m0/s1. The van der Waals surface area contributed by atoms with Crippen molar-refractivity contribution >= 4 is 17.6 Å². The smallest absolute Gasteiger partial charge is 0.251 e. The fourth-order valence-corrected chi connectivity index (χ4v) is 4.25. The van der Waals surface area contributed by atoms with Gasteiger partial charge in [0.2, 0.25) is 5.91 Å². The average molecular weight is 468 g/mol. The number of hydrogen-bond donors (Lipinski definition) is 3. The van der Waals surface area contributed by atoms with Crippen LogP contribution in [-0.2, 0) is 9.53 Å². The zero-order valence-corrected chi connectivity index (χ0v) is 19.5. The summed E-state index contributed by atoms with van der Waals surface area (Å²) in [6.45, 7) is -0.00323. The Labute approximate surface area is 200 Å². The lowest BCUT2D eigenvalue weighted by Crippen LogP contribution is -2.49. The predicted molar refractivity (Wildman–Crippen MR) is 127 cm³/mol. The van der Waals surface area contributed by atoms with Crippen LogP contribution in [0.25, 0.3) is 0 Å². The van der Waals surface area contributed by atoms with Crippen LogP contribution < -0.4 is 10.6 Å². The van der Waals surface area contributed by atoms with Gasteiger partial charge in [0.1, 0.15) is 6.04 Å². The largest absolute Gasteiger partial charge is 0.394 e. The monoisotopic (exact) mass is 467 g/mol. The fraction of sp³-hybridized carbons (Fsp3) is 0.462. The van der Waals surface area contributed by atoms with Crippen molar-refractivity contribution in [1.82, 2.24) is 15.6 Å². The highest BCUT2D eigenvalue weighted by Gasteiger charge is 2.22. The maximum atomic E-state index is 12.5. The van der Waals surface area contributed by atoms with Crippen LogP contribution in [0.2, 0.25) is 0 Å². The molecule has 0 aliphatic heterocycles. The normalized spacial score (nSPS) is 18.6. The molecule has 182 valence electrons. The second-order valence-corrected chi connectivity index (χ2v) is 8.67. The van der Waals surface area contributed by atoms with Crippen molar-refractivity contribution in [3.8, 4) is 0 Å². The summed E-state index contributed by atoms with van der Waals surface area (Å²) < 4.78 is 5.40. The first-order chi connectivity index (χ1) is 16.5. The summed E-state index contributed by atoms with van der Waals surface area (Å²) in [5, 5.41) is 15.0. The molecule has 2 amide bonds. The Bertz CT molecular complexity index is 941. The summed E-state index contributed by atoms with van der Waals surface area (Å²) in [7, 11) is 1.76. The molecule has 2 aromatic rings. The van der Waals surface area contributed by atoms with Crippen LogP contribution in [0.5, 0.6) is 0 Å². The minimum atomic E-state index is -1.04. The van der Waals surface area contributed by atoms with Crippen LogP contribution in [0.4, 0.5) is 0 Å². The predicted octanol–water partition coefficient (Wildman–Crippen LogP) is 2.50. The van der Waals surface area contributed by atoms with Gasteiger partial charge < -0.3 is 20.5 Å². The third kappa shape index (κ3) is 7.20. The number of carbonyl (C=O) groups is 3. The van der Waals surface area contributed by atoms with Gasteiger partial charge in [-0.15, -0.1) is 0 Å². The van der Waals surface area contributed by atoms with Gasteiger partial charge >= 0.3 is 0 Å². The highest BCUT2D eigenvalue weighted by molar-refractivity contribution is 6.09. The van der Waals surface area contributed by atoms with E-state index in [2.05, 4.69) is 15.6 Å². The van der Waals surface area contributed by atoms with Crippen LogP contribution in [0.1, 0.15) is 64.8 Å². The first-order valence-corrected chi connectivity index (χ1v) is 11.8. The number of pyridine rings is 1. The number of carbonyl (C=O) groups excluding carboxylic acids is 3. The van der Waals surface area contributed by atoms with Crippen LogP contribution in [0, 0.1) is 5.92 Å². The number of amides is 2. The third-order valence-corrected chi connectivity index (χ3v) is 6.35. The first-order valence-electron chi connectivity index (χ1n) is 11.8. The Hall–Kier alpha value is -3.10. The van der Waals surface area contributed by atoms with Crippen molar-refractivity contribution < 1.29 is 24.2 Å². The molecule has 1 heterocycles. The minimum absolute atomic E-state index is 0.195. The van der Waals surface area contributed by atoms with Gasteiger partial charge in [-0.05, 0) is 68.7 Å². The zero-order valence-electron chi connectivity index (χ0n) is 19.5. The van der Waals surface area contributed by atoms with Crippen LogP contribution in [-0.4, -0.2) is 60.1 Å². The molecule has 1 aliphatic carbocycles. The van der Waals surface area contributed by atoms with Gasteiger partial charge in [-0.1, -0.05) is 12.1 Å². The highest BCUT2D eigenvalue weighted by Crippen LogP contribution is 2.28. The molecule has 0 saturated heterocycles. The lowest BCUT2D eigenvalue weighted by atomic mass is 9.84. The summed E-state index contributed by atoms with van der Waals surface area (Å²) >= 11 is 0. The van der Waals surface area contributed by atoms with Gasteiger partial charge in [0.25, 0.3) is 5.91 Å². The van der Waals surface area contributed by atoms with Crippen molar-refractivity contribution in [2.45, 2.75) is 50.7 Å². The van der Waals surface area contributed by atoms with Crippen molar-refractivity contribution in [2.24, 2.45) is 5.92 Å². The molecular formula is C26H33N3O5. The van der Waals surface area contributed by atoms with E-state index in [0.717, 1.165) is 38.5 Å². The summed E-state index contributed by atoms with van der Waals surface area (Å²) in [5.74, 6) is -0.448. The lowest BCUT2D eigenvalue weighted by molar-refractivity contribution is -0.123. The molecule has 8 heteroatoms. The number of hydrogen-bond acceptors (Lipinski definition) is 6. The molecule has 1 aromatic heterocycles. The summed E-state index contributed by atoms with van der Waals surface area (Å²) in [6.07, 6.45) is 9.82. The van der Waals surface area contributed by atoms with Gasteiger partial charge in [0.15, 0.2) is 5.78 Å².